The van der Waals surface area contributed by atoms with Crippen molar-refractivity contribution in [1.29, 1.82) is 0 Å². The molecular weight excluding hydrogens is 306 g/mol. The molecule has 3 rings (SSSR count). The van der Waals surface area contributed by atoms with Crippen LogP contribution in [-0.4, -0.2) is 17.8 Å². The molecule has 0 radical (unpaired) electrons. The van der Waals surface area contributed by atoms with Crippen LogP contribution < -0.4 is 5.73 Å². The number of nitrogens with two attached hydrogens (primary N) is 1. The van der Waals surface area contributed by atoms with Crippen molar-refractivity contribution in [3.05, 3.63) is 58.6 Å². The summed E-state index contributed by atoms with van der Waals surface area (Å²) in [5.41, 5.74) is 7.84. The third-order valence-electron chi connectivity index (χ3n) is 3.27. The van der Waals surface area contributed by atoms with Gasteiger partial charge in [-0.2, -0.15) is 0 Å². The van der Waals surface area contributed by atoms with Crippen molar-refractivity contribution in [2.45, 2.75) is 16.6 Å². The van der Waals surface area contributed by atoms with Crippen LogP contribution in [0.25, 0.3) is 0 Å². The molecule has 0 saturated carbocycles. The standard InChI is InChI=1S/C16H14ClNO2S/c17-12-5-11(6-13(18)8-12)16(19)20-9-14-7-10-3-1-2-4-15(10)21-14/h1-6,8,14H,7,9,18H2. The summed E-state index contributed by atoms with van der Waals surface area (Å²) in [4.78, 5) is 13.3. The molecule has 108 valence electrons. The Balaban J connectivity index is 1.60. The van der Waals surface area contributed by atoms with Crippen molar-refractivity contribution in [3.8, 4) is 0 Å². The van der Waals surface area contributed by atoms with Gasteiger partial charge in [0.2, 0.25) is 0 Å². The molecular formula is C16H14ClNO2S. The summed E-state index contributed by atoms with van der Waals surface area (Å²) in [7, 11) is 0. The number of benzene rings is 2. The molecule has 1 aliphatic heterocycles. The van der Waals surface area contributed by atoms with Gasteiger partial charge in [-0.15, -0.1) is 11.8 Å². The molecule has 1 atom stereocenters. The van der Waals surface area contributed by atoms with Crippen LogP contribution >= 0.6 is 23.4 Å². The van der Waals surface area contributed by atoms with Gasteiger partial charge in [0.05, 0.1) is 5.56 Å². The number of hydrogen-bond donors (Lipinski definition) is 1. The Morgan fingerprint density at radius 1 is 1.33 bits per heavy atom. The van der Waals surface area contributed by atoms with Crippen LogP contribution in [0.4, 0.5) is 5.69 Å². The maximum Gasteiger partial charge on any atom is 0.338 e. The topological polar surface area (TPSA) is 52.3 Å². The van der Waals surface area contributed by atoms with Crippen LogP contribution in [0.15, 0.2) is 47.4 Å². The monoisotopic (exact) mass is 319 g/mol. The van der Waals surface area contributed by atoms with Crippen LogP contribution in [-0.2, 0) is 11.2 Å². The summed E-state index contributed by atoms with van der Waals surface area (Å²) < 4.78 is 5.38. The second-order valence-corrected chi connectivity index (χ2v) is 6.70. The molecule has 1 unspecified atom stereocenters. The van der Waals surface area contributed by atoms with Crippen LogP contribution in [0.1, 0.15) is 15.9 Å². The number of anilines is 1. The first-order valence-electron chi connectivity index (χ1n) is 6.59. The predicted molar refractivity (Wildman–Crippen MR) is 85.9 cm³/mol. The summed E-state index contributed by atoms with van der Waals surface area (Å²) in [6, 6.07) is 13.0. The molecule has 0 aliphatic carbocycles. The van der Waals surface area contributed by atoms with E-state index in [9.17, 15) is 4.79 Å². The molecule has 3 nitrogen and oxygen atoms in total. The van der Waals surface area contributed by atoms with E-state index in [1.807, 2.05) is 12.1 Å². The van der Waals surface area contributed by atoms with E-state index < -0.39 is 0 Å². The summed E-state index contributed by atoms with van der Waals surface area (Å²) in [5, 5.41) is 0.701. The van der Waals surface area contributed by atoms with E-state index in [0.29, 0.717) is 22.9 Å². The summed E-state index contributed by atoms with van der Waals surface area (Å²) in [6.45, 7) is 0.380. The van der Waals surface area contributed by atoms with E-state index in [4.69, 9.17) is 22.1 Å². The molecule has 0 saturated heterocycles. The van der Waals surface area contributed by atoms with Gasteiger partial charge >= 0.3 is 5.97 Å². The van der Waals surface area contributed by atoms with E-state index in [1.54, 1.807) is 30.0 Å². The summed E-state index contributed by atoms with van der Waals surface area (Å²) >= 11 is 7.64. The molecule has 21 heavy (non-hydrogen) atoms. The maximum absolute atomic E-state index is 12.0. The minimum Gasteiger partial charge on any atom is -0.461 e. The highest BCUT2D eigenvalue weighted by Crippen LogP contribution is 2.36. The molecule has 2 N–H and O–H groups in total. The van der Waals surface area contributed by atoms with Gasteiger partial charge in [0.25, 0.3) is 0 Å². The number of esters is 1. The number of carbonyl (C=O) groups is 1. The average molecular weight is 320 g/mol. The quantitative estimate of drug-likeness (QED) is 0.690. The number of fused-ring (bicyclic) bond motifs is 1. The first kappa shape index (κ1) is 14.3. The molecule has 0 fully saturated rings. The number of nitrogen functional groups attached to an aromatic ring is 1. The van der Waals surface area contributed by atoms with Crippen LogP contribution in [0.5, 0.6) is 0 Å². The molecule has 1 aliphatic rings. The Labute approximate surface area is 132 Å². The lowest BCUT2D eigenvalue weighted by atomic mass is 10.1. The Hall–Kier alpha value is -1.65. The Morgan fingerprint density at radius 3 is 2.90 bits per heavy atom. The predicted octanol–water partition coefficient (Wildman–Crippen LogP) is 3.80. The zero-order valence-corrected chi connectivity index (χ0v) is 12.8. The Kier molecular flexibility index (Phi) is 4.08. The summed E-state index contributed by atoms with van der Waals surface area (Å²) in [6.07, 6.45) is 0.922. The highest BCUT2D eigenvalue weighted by molar-refractivity contribution is 8.00. The maximum atomic E-state index is 12.0. The minimum absolute atomic E-state index is 0.267. The Morgan fingerprint density at radius 2 is 2.14 bits per heavy atom. The van der Waals surface area contributed by atoms with Gasteiger partial charge in [-0.3, -0.25) is 0 Å². The zero-order chi connectivity index (χ0) is 14.8. The van der Waals surface area contributed by atoms with Gasteiger partial charge in [0.1, 0.15) is 6.61 Å². The first-order chi connectivity index (χ1) is 10.1. The van der Waals surface area contributed by atoms with Gasteiger partial charge in [0, 0.05) is 20.9 Å². The molecule has 1 heterocycles. The smallest absolute Gasteiger partial charge is 0.338 e. The molecule has 0 aromatic heterocycles. The fourth-order valence-corrected chi connectivity index (χ4v) is 3.79. The normalized spacial score (nSPS) is 16.5. The number of carbonyl (C=O) groups excluding carboxylic acids is 1. The third kappa shape index (κ3) is 3.34. The number of rotatable bonds is 3. The molecule has 5 heteroatoms. The zero-order valence-electron chi connectivity index (χ0n) is 11.2. The molecule has 0 amide bonds. The van der Waals surface area contributed by atoms with E-state index in [1.165, 1.54) is 10.5 Å². The fourth-order valence-electron chi connectivity index (χ4n) is 2.33. The van der Waals surface area contributed by atoms with E-state index in [-0.39, 0.29) is 11.2 Å². The number of hydrogen-bond acceptors (Lipinski definition) is 4. The van der Waals surface area contributed by atoms with E-state index in [0.717, 1.165) is 6.42 Å². The van der Waals surface area contributed by atoms with E-state index in [2.05, 4.69) is 12.1 Å². The fraction of sp³-hybridized carbons (Fsp3) is 0.188. The van der Waals surface area contributed by atoms with Crippen molar-refractivity contribution >= 4 is 35.0 Å². The van der Waals surface area contributed by atoms with E-state index >= 15 is 0 Å². The lowest BCUT2D eigenvalue weighted by Crippen LogP contribution is -2.15. The summed E-state index contributed by atoms with van der Waals surface area (Å²) in [5.74, 6) is -0.388. The van der Waals surface area contributed by atoms with Crippen molar-refractivity contribution in [2.24, 2.45) is 0 Å². The third-order valence-corrected chi connectivity index (χ3v) is 4.78. The second-order valence-electron chi connectivity index (χ2n) is 4.92. The van der Waals surface area contributed by atoms with Gasteiger partial charge in [-0.1, -0.05) is 29.8 Å². The minimum atomic E-state index is -0.388. The van der Waals surface area contributed by atoms with Crippen LogP contribution in [0, 0.1) is 0 Å². The van der Waals surface area contributed by atoms with Gasteiger partial charge in [-0.05, 0) is 36.2 Å². The Bertz CT molecular complexity index is 644. The van der Waals surface area contributed by atoms with Crippen LogP contribution in [0.3, 0.4) is 0 Å². The number of thioether (sulfide) groups is 1. The second kappa shape index (κ2) is 6.00. The largest absolute Gasteiger partial charge is 0.461 e. The molecule has 0 spiro atoms. The lowest BCUT2D eigenvalue weighted by molar-refractivity contribution is 0.0507. The number of halogens is 1. The highest BCUT2D eigenvalue weighted by Gasteiger charge is 2.23. The van der Waals surface area contributed by atoms with Crippen molar-refractivity contribution in [2.75, 3.05) is 12.3 Å². The average Bonchev–Trinajstić information content (AvgIpc) is 2.86. The molecule has 0 bridgehead atoms. The van der Waals surface area contributed by atoms with Gasteiger partial charge in [0.15, 0.2) is 0 Å². The van der Waals surface area contributed by atoms with Crippen molar-refractivity contribution in [3.63, 3.8) is 0 Å². The van der Waals surface area contributed by atoms with Gasteiger partial charge < -0.3 is 10.5 Å². The van der Waals surface area contributed by atoms with Crippen LogP contribution in [0.2, 0.25) is 5.02 Å². The van der Waals surface area contributed by atoms with Gasteiger partial charge in [-0.25, -0.2) is 4.79 Å². The SMILES string of the molecule is Nc1cc(Cl)cc(C(=O)OCC2Cc3ccccc3S2)c1. The highest BCUT2D eigenvalue weighted by atomic mass is 35.5. The number of ether oxygens (including phenoxy) is 1. The van der Waals surface area contributed by atoms with Crippen molar-refractivity contribution in [1.82, 2.24) is 0 Å². The molecule has 2 aromatic carbocycles. The van der Waals surface area contributed by atoms with Crippen molar-refractivity contribution < 1.29 is 9.53 Å². The molecule has 2 aromatic rings. The lowest BCUT2D eigenvalue weighted by Gasteiger charge is -2.10. The first-order valence-corrected chi connectivity index (χ1v) is 7.85.